The molecule has 3 aromatic rings. The summed E-state index contributed by atoms with van der Waals surface area (Å²) in [5.41, 5.74) is 16.4. The average molecular weight is 862 g/mol. The van der Waals surface area contributed by atoms with E-state index < -0.39 is 22.7 Å². The largest absolute Gasteiger partial charge is 2.00 e. The van der Waals surface area contributed by atoms with Gasteiger partial charge in [-0.25, -0.2) is 4.98 Å². The first-order valence-corrected chi connectivity index (χ1v) is 22.1. The van der Waals surface area contributed by atoms with E-state index in [1.54, 1.807) is 0 Å². The summed E-state index contributed by atoms with van der Waals surface area (Å²) in [7, 11) is 0. The van der Waals surface area contributed by atoms with E-state index in [1.165, 1.54) is 114 Å². The third-order valence-electron chi connectivity index (χ3n) is 14.9. The average Bonchev–Trinajstić information content (AvgIpc) is 3.73. The van der Waals surface area contributed by atoms with Crippen LogP contribution in [0.4, 0.5) is 0 Å². The van der Waals surface area contributed by atoms with E-state index >= 15 is 0 Å². The first-order chi connectivity index (χ1) is 27.2. The Morgan fingerprint density at radius 3 is 1.17 bits per heavy atom. The van der Waals surface area contributed by atoms with E-state index in [2.05, 4.69) is 81.2 Å². The zero-order valence-electron chi connectivity index (χ0n) is 36.4. The predicted molar refractivity (Wildman–Crippen MR) is 231 cm³/mol. The molecule has 7 rings (SSSR count). The first-order valence-electron chi connectivity index (χ1n) is 22.1. The summed E-state index contributed by atoms with van der Waals surface area (Å²) in [4.78, 5) is 21.7. The van der Waals surface area contributed by atoms with E-state index in [0.717, 1.165) is 59.1 Å². The molecule has 0 unspecified atom stereocenters. The van der Waals surface area contributed by atoms with Gasteiger partial charge in [0.25, 0.3) is 0 Å². The maximum atomic E-state index is 8.25. The number of hydrogen-bond donors (Lipinski definition) is 2. The van der Waals surface area contributed by atoms with E-state index in [4.69, 9.17) is 57.1 Å². The van der Waals surface area contributed by atoms with Gasteiger partial charge in [0.05, 0.1) is 21.6 Å². The van der Waals surface area contributed by atoms with Crippen LogP contribution in [-0.4, -0.2) is 47.3 Å². The third kappa shape index (κ3) is 11.9. The molecule has 328 valence electrons. The molecular formula is C41H69B2FeN9O6. The van der Waals surface area contributed by atoms with Crippen molar-refractivity contribution in [2.45, 2.75) is 191 Å². The maximum Gasteiger partial charge on any atom is 2.00 e. The minimum atomic E-state index is -1.75. The number of pyridine rings is 1. The zero-order valence-corrected chi connectivity index (χ0v) is 37.5. The van der Waals surface area contributed by atoms with Crippen molar-refractivity contribution in [3.63, 3.8) is 0 Å². The second kappa shape index (κ2) is 19.9. The summed E-state index contributed by atoms with van der Waals surface area (Å²) in [5, 5.41) is 40.0. The topological polar surface area (TPSA) is 236 Å². The number of quaternary nitrogens is 2. The Balaban J connectivity index is 0.000000785. The van der Waals surface area contributed by atoms with Crippen LogP contribution in [0.3, 0.4) is 0 Å². The Kier molecular flexibility index (Phi) is 16.3. The van der Waals surface area contributed by atoms with Crippen LogP contribution in [0.25, 0.3) is 22.8 Å². The molecular weight excluding hydrogens is 792 g/mol. The van der Waals surface area contributed by atoms with Gasteiger partial charge in [-0.15, -0.1) is 35.9 Å². The van der Waals surface area contributed by atoms with Crippen LogP contribution in [0.2, 0.25) is 35.9 Å². The Bertz CT molecular complexity index is 1680. The molecule has 7 heterocycles. The Morgan fingerprint density at radius 1 is 0.610 bits per heavy atom. The van der Waals surface area contributed by atoms with Gasteiger partial charge in [-0.05, 0) is 24.3 Å². The van der Waals surface area contributed by atoms with Crippen LogP contribution in [0.1, 0.15) is 143 Å². The second-order valence-corrected chi connectivity index (χ2v) is 20.5. The van der Waals surface area contributed by atoms with E-state index in [9.17, 15) is 0 Å². The van der Waals surface area contributed by atoms with Gasteiger partial charge in [0.2, 0.25) is 12.6 Å². The van der Waals surface area contributed by atoms with Crippen molar-refractivity contribution in [2.24, 2.45) is 0 Å². The molecule has 0 aliphatic carbocycles. The molecule has 4 aliphatic rings. The van der Waals surface area contributed by atoms with Gasteiger partial charge >= 0.3 is 17.1 Å². The molecule has 4 aliphatic heterocycles. The van der Waals surface area contributed by atoms with E-state index in [1.807, 2.05) is 0 Å². The van der Waals surface area contributed by atoms with Crippen molar-refractivity contribution in [1.29, 1.82) is 0 Å². The van der Waals surface area contributed by atoms with Gasteiger partial charge in [-0.2, -0.15) is 10.2 Å². The summed E-state index contributed by atoms with van der Waals surface area (Å²) in [6.45, 7) is 15.8. The smallest absolute Gasteiger partial charge is 0.547 e. The predicted octanol–water partition coefficient (Wildman–Crippen LogP) is 8.29. The molecule has 4 saturated heterocycles. The van der Waals surface area contributed by atoms with Gasteiger partial charge in [0.15, 0.2) is 0 Å². The van der Waals surface area contributed by atoms with Gasteiger partial charge in [0.1, 0.15) is 11.4 Å². The number of aryl methyl sites for hydroxylation is 2. The molecule has 4 bridgehead atoms. The van der Waals surface area contributed by atoms with Crippen LogP contribution >= 0.6 is 0 Å². The molecule has 3 aromatic heterocycles. The SMILES string of the molecule is CC(C)(C)c1cc(-c2cccc(-c3cc(C(C)(C)C)n(CCC[B-]4([NH3+])C5CCCC4CCC5)n3)n2)nn1CCC[B-]1([NH3+])C2CCCC1CCC2.O=[N+]([O-])[O-].O=[N+]([O-])[O-].[Fe+2]. The molecule has 6 N–H and O–H groups in total. The molecule has 0 spiro atoms. The van der Waals surface area contributed by atoms with Crippen LogP contribution in [0, 0.1) is 30.6 Å². The minimum absolute atomic E-state index is 0. The minimum Gasteiger partial charge on any atom is -0.547 e. The van der Waals surface area contributed by atoms with Crippen LogP contribution in [0.5, 0.6) is 0 Å². The summed E-state index contributed by atoms with van der Waals surface area (Å²) in [6.07, 6.45) is 20.9. The Labute approximate surface area is 360 Å². The molecule has 0 aromatic carbocycles. The fraction of sp³-hybridized carbons (Fsp3) is 0.732. The molecule has 59 heavy (non-hydrogen) atoms. The van der Waals surface area contributed by atoms with Crippen molar-refractivity contribution in [1.82, 2.24) is 24.5 Å². The summed E-state index contributed by atoms with van der Waals surface area (Å²) in [6, 6.07) is 11.0. The van der Waals surface area contributed by atoms with E-state index in [-0.39, 0.29) is 27.9 Å². The summed E-state index contributed by atoms with van der Waals surface area (Å²) >= 11 is 0. The van der Waals surface area contributed by atoms with Crippen molar-refractivity contribution in [3.05, 3.63) is 72.4 Å². The van der Waals surface area contributed by atoms with Crippen molar-refractivity contribution >= 4 is 12.6 Å². The number of rotatable bonds is 10. The summed E-state index contributed by atoms with van der Waals surface area (Å²) in [5.74, 6) is 3.52. The number of aromatic nitrogens is 5. The molecule has 18 heteroatoms. The fourth-order valence-corrected chi connectivity index (χ4v) is 12.1. The molecule has 0 saturated carbocycles. The van der Waals surface area contributed by atoms with Gasteiger partial charge < -0.3 is 41.9 Å². The van der Waals surface area contributed by atoms with Crippen molar-refractivity contribution in [2.75, 3.05) is 0 Å². The van der Waals surface area contributed by atoms with Crippen molar-refractivity contribution in [3.8, 4) is 22.8 Å². The van der Waals surface area contributed by atoms with Crippen molar-refractivity contribution < 1.29 is 38.5 Å². The monoisotopic (exact) mass is 861 g/mol. The number of nitrogens with zero attached hydrogens (tertiary/aromatic N) is 7. The van der Waals surface area contributed by atoms with Crippen LogP contribution in [0.15, 0.2) is 30.3 Å². The molecule has 15 nitrogen and oxygen atoms in total. The van der Waals surface area contributed by atoms with Crippen LogP contribution in [-0.2, 0) is 41.0 Å². The zero-order chi connectivity index (χ0) is 42.5. The number of hydrogen-bond acceptors (Lipinski definition) is 9. The Morgan fingerprint density at radius 2 is 0.898 bits per heavy atom. The molecule has 0 atom stereocenters. The second-order valence-electron chi connectivity index (χ2n) is 20.5. The first kappa shape index (κ1) is 48.2. The maximum absolute atomic E-state index is 8.25. The molecule has 4 fully saturated rings. The third-order valence-corrected chi connectivity index (χ3v) is 14.9. The van der Waals surface area contributed by atoms with Crippen LogP contribution < -0.4 is 11.3 Å². The number of fused-ring (bicyclic) bond motifs is 4. The van der Waals surface area contributed by atoms with Gasteiger partial charge in [-0.1, -0.05) is 138 Å². The van der Waals surface area contributed by atoms with Gasteiger partial charge in [-0.3, -0.25) is 9.36 Å². The summed E-state index contributed by atoms with van der Waals surface area (Å²) < 4.78 is 4.59. The standard InChI is InChI=1S/C41H69B2N7.Fe.2NO3/c1-40(2,3)38-28-36(47-49(38)26-12-24-42(44)30-14-7-15-31(42)17-8-16-30)34-22-11-23-35(46-34)37-29-39(41(4,5)6)50(48-37)27-13-25-43(45)32-18-9-19-33(43)21-10-20-32;;2*2-1(3)4/h11,22-23,28-33H,7-10,12-21,24-27H2,1-6,44-45H3;;;/q;+2;2*-1. The fourth-order valence-electron chi connectivity index (χ4n) is 12.1. The normalized spacial score (nSPS) is 26.3. The quantitative estimate of drug-likeness (QED) is 0.113. The Hall–Kier alpha value is -3.46. The van der Waals surface area contributed by atoms with Gasteiger partial charge in [0, 0.05) is 35.3 Å². The molecule has 0 amide bonds. The van der Waals surface area contributed by atoms with E-state index in [0.29, 0.717) is 0 Å². The molecule has 0 radical (unpaired) electrons.